The van der Waals surface area contributed by atoms with Gasteiger partial charge in [0.2, 0.25) is 0 Å². The van der Waals surface area contributed by atoms with Crippen LogP contribution in [0.15, 0.2) is 53.9 Å². The van der Waals surface area contributed by atoms with E-state index >= 15 is 0 Å². The Morgan fingerprint density at radius 1 is 1.07 bits per heavy atom. The van der Waals surface area contributed by atoms with Gasteiger partial charge in [-0.05, 0) is 43.7 Å². The molecule has 3 aromatic rings. The smallest absolute Gasteiger partial charge is 0.277 e. The van der Waals surface area contributed by atoms with Crippen LogP contribution in [0.4, 0.5) is 18.9 Å². The monoisotopic (exact) mass is 396 g/mol. The number of hydrogen-bond donors (Lipinski definition) is 1. The largest absolute Gasteiger partial charge is 0.416 e. The van der Waals surface area contributed by atoms with E-state index in [2.05, 4.69) is 14.8 Å². The molecule has 0 aliphatic rings. The summed E-state index contributed by atoms with van der Waals surface area (Å²) in [6, 6.07) is 7.43. The van der Waals surface area contributed by atoms with Gasteiger partial charge in [0.15, 0.2) is 0 Å². The molecule has 27 heavy (non-hydrogen) atoms. The van der Waals surface area contributed by atoms with Gasteiger partial charge in [-0.25, -0.2) is 18.1 Å². The summed E-state index contributed by atoms with van der Waals surface area (Å²) in [7, 11) is -4.12. The van der Waals surface area contributed by atoms with Gasteiger partial charge < -0.3 is 0 Å². The van der Waals surface area contributed by atoms with Crippen molar-refractivity contribution in [3.63, 3.8) is 0 Å². The van der Waals surface area contributed by atoms with E-state index in [0.29, 0.717) is 5.56 Å². The first-order valence-electron chi connectivity index (χ1n) is 7.74. The van der Waals surface area contributed by atoms with Crippen LogP contribution in [0.25, 0.3) is 5.69 Å². The van der Waals surface area contributed by atoms with Gasteiger partial charge in [0.1, 0.15) is 12.7 Å². The summed E-state index contributed by atoms with van der Waals surface area (Å²) in [4.78, 5) is 3.72. The van der Waals surface area contributed by atoms with Crippen molar-refractivity contribution in [1.29, 1.82) is 0 Å². The molecular formula is C17H15F3N4O2S. The average Bonchev–Trinajstić information content (AvgIpc) is 3.07. The lowest BCUT2D eigenvalue weighted by Crippen LogP contribution is -2.17. The van der Waals surface area contributed by atoms with Gasteiger partial charge in [-0.3, -0.25) is 4.72 Å². The molecule has 1 N–H and O–H groups in total. The molecule has 142 valence electrons. The molecule has 0 atom stereocenters. The molecule has 0 saturated heterocycles. The summed E-state index contributed by atoms with van der Waals surface area (Å²) in [5, 5.41) is 3.86. The lowest BCUT2D eigenvalue weighted by Gasteiger charge is -2.16. The number of nitrogens with zero attached hydrogens (tertiary/aromatic N) is 3. The Morgan fingerprint density at radius 3 is 2.41 bits per heavy atom. The normalized spacial score (nSPS) is 12.2. The minimum absolute atomic E-state index is 0.0185. The number of sulfonamides is 1. The summed E-state index contributed by atoms with van der Waals surface area (Å²) >= 11 is 0. The molecule has 2 aromatic carbocycles. The molecule has 0 saturated carbocycles. The zero-order valence-electron chi connectivity index (χ0n) is 14.3. The molecule has 0 radical (unpaired) electrons. The maximum absolute atomic E-state index is 13.1. The van der Waals surface area contributed by atoms with E-state index in [9.17, 15) is 21.6 Å². The number of rotatable bonds is 4. The van der Waals surface area contributed by atoms with Crippen LogP contribution in [-0.2, 0) is 16.2 Å². The van der Waals surface area contributed by atoms with Crippen LogP contribution in [0.1, 0.15) is 16.7 Å². The second-order valence-electron chi connectivity index (χ2n) is 5.94. The number of aryl methyl sites for hydroxylation is 2. The van der Waals surface area contributed by atoms with Gasteiger partial charge in [-0.2, -0.15) is 18.3 Å². The SMILES string of the molecule is Cc1ccc(S(=O)(=O)Nc2cc(C(F)(F)F)ccc2-n2cncn2)c(C)c1. The number of aromatic nitrogens is 3. The van der Waals surface area contributed by atoms with E-state index in [1.54, 1.807) is 19.1 Å². The summed E-state index contributed by atoms with van der Waals surface area (Å²) in [6.45, 7) is 3.43. The van der Waals surface area contributed by atoms with Crippen LogP contribution in [0.5, 0.6) is 0 Å². The van der Waals surface area contributed by atoms with E-state index in [4.69, 9.17) is 0 Å². The number of benzene rings is 2. The van der Waals surface area contributed by atoms with Gasteiger partial charge in [0, 0.05) is 0 Å². The Kier molecular flexibility index (Phi) is 4.68. The standard InChI is InChI=1S/C17H15F3N4O2S/c1-11-3-6-16(12(2)7-11)27(25,26)23-14-8-13(17(18,19)20)4-5-15(14)24-10-21-9-22-24/h3-10,23H,1-2H3. The molecule has 1 aromatic heterocycles. The molecule has 3 rings (SSSR count). The highest BCUT2D eigenvalue weighted by atomic mass is 32.2. The van der Waals surface area contributed by atoms with Crippen molar-refractivity contribution in [2.75, 3.05) is 4.72 Å². The second-order valence-corrected chi connectivity index (χ2v) is 7.60. The highest BCUT2D eigenvalue weighted by Crippen LogP contribution is 2.34. The molecule has 0 spiro atoms. The van der Waals surface area contributed by atoms with Gasteiger partial charge in [0.05, 0.1) is 21.8 Å². The fourth-order valence-corrected chi connectivity index (χ4v) is 3.92. The highest BCUT2D eigenvalue weighted by Gasteiger charge is 2.32. The van der Waals surface area contributed by atoms with Crippen molar-refractivity contribution in [2.24, 2.45) is 0 Å². The fraction of sp³-hybridized carbons (Fsp3) is 0.176. The first-order valence-corrected chi connectivity index (χ1v) is 9.22. The Morgan fingerprint density at radius 2 is 1.81 bits per heavy atom. The minimum Gasteiger partial charge on any atom is -0.277 e. The third kappa shape index (κ3) is 3.95. The predicted octanol–water partition coefficient (Wildman–Crippen LogP) is 3.70. The first kappa shape index (κ1) is 18.9. The van der Waals surface area contributed by atoms with Crippen molar-refractivity contribution in [2.45, 2.75) is 24.9 Å². The zero-order valence-corrected chi connectivity index (χ0v) is 15.1. The van der Waals surface area contributed by atoms with Crippen molar-refractivity contribution < 1.29 is 21.6 Å². The number of anilines is 1. The third-order valence-electron chi connectivity index (χ3n) is 3.85. The Bertz CT molecular complexity index is 1080. The molecule has 1 heterocycles. The first-order chi connectivity index (χ1) is 12.6. The number of halogens is 3. The predicted molar refractivity (Wildman–Crippen MR) is 93.1 cm³/mol. The van der Waals surface area contributed by atoms with Crippen LogP contribution in [0.2, 0.25) is 0 Å². The van der Waals surface area contributed by atoms with Crippen molar-refractivity contribution in [1.82, 2.24) is 14.8 Å². The van der Waals surface area contributed by atoms with E-state index in [1.807, 2.05) is 6.92 Å². The molecule has 0 aliphatic carbocycles. The molecule has 0 unspecified atom stereocenters. The topological polar surface area (TPSA) is 76.9 Å². The van der Waals surface area contributed by atoms with Crippen molar-refractivity contribution in [3.05, 3.63) is 65.7 Å². The van der Waals surface area contributed by atoms with Crippen molar-refractivity contribution in [3.8, 4) is 5.69 Å². The minimum atomic E-state index is -4.62. The van der Waals surface area contributed by atoms with Gasteiger partial charge in [-0.1, -0.05) is 17.7 Å². The van der Waals surface area contributed by atoms with Crippen LogP contribution in [-0.4, -0.2) is 23.2 Å². The second kappa shape index (κ2) is 6.69. The highest BCUT2D eigenvalue weighted by molar-refractivity contribution is 7.92. The van der Waals surface area contributed by atoms with Gasteiger partial charge in [-0.15, -0.1) is 0 Å². The fourth-order valence-electron chi connectivity index (χ4n) is 2.63. The van der Waals surface area contributed by atoms with E-state index in [0.717, 1.165) is 23.8 Å². The van der Waals surface area contributed by atoms with E-state index in [1.165, 1.54) is 23.4 Å². The third-order valence-corrected chi connectivity index (χ3v) is 5.38. The average molecular weight is 396 g/mol. The number of nitrogens with one attached hydrogen (secondary N) is 1. The molecule has 0 fully saturated rings. The molecular weight excluding hydrogens is 381 g/mol. The zero-order chi connectivity index (χ0) is 19.8. The van der Waals surface area contributed by atoms with Crippen LogP contribution in [0, 0.1) is 13.8 Å². The summed E-state index contributed by atoms with van der Waals surface area (Å²) in [6.07, 6.45) is -2.17. The van der Waals surface area contributed by atoms with Crippen molar-refractivity contribution >= 4 is 15.7 Å². The molecule has 6 nitrogen and oxygen atoms in total. The van der Waals surface area contributed by atoms with Gasteiger partial charge >= 0.3 is 6.18 Å². The summed E-state index contributed by atoms with van der Waals surface area (Å²) in [5.41, 5.74) is 0.236. The lowest BCUT2D eigenvalue weighted by atomic mass is 10.1. The summed E-state index contributed by atoms with van der Waals surface area (Å²) in [5.74, 6) is 0. The maximum atomic E-state index is 13.1. The lowest BCUT2D eigenvalue weighted by molar-refractivity contribution is -0.137. The van der Waals surface area contributed by atoms with Crippen LogP contribution in [0.3, 0.4) is 0 Å². The molecule has 0 aliphatic heterocycles. The van der Waals surface area contributed by atoms with Crippen LogP contribution < -0.4 is 4.72 Å². The Balaban J connectivity index is 2.11. The maximum Gasteiger partial charge on any atom is 0.416 e. The Labute approximate surface area is 153 Å². The van der Waals surface area contributed by atoms with E-state index in [-0.39, 0.29) is 16.3 Å². The number of alkyl halides is 3. The van der Waals surface area contributed by atoms with E-state index < -0.39 is 21.8 Å². The number of hydrogen-bond acceptors (Lipinski definition) is 4. The molecule has 0 amide bonds. The van der Waals surface area contributed by atoms with Crippen LogP contribution >= 0.6 is 0 Å². The Hall–Kier alpha value is -2.88. The molecule has 0 bridgehead atoms. The molecule has 10 heteroatoms. The van der Waals surface area contributed by atoms with Gasteiger partial charge in [0.25, 0.3) is 10.0 Å². The quantitative estimate of drug-likeness (QED) is 0.730. The summed E-state index contributed by atoms with van der Waals surface area (Å²) < 4.78 is 68.3.